The highest BCUT2D eigenvalue weighted by molar-refractivity contribution is 6.07. The van der Waals surface area contributed by atoms with Crippen LogP contribution in [0.2, 0.25) is 0 Å². The number of nitrogens with one attached hydrogen (secondary N) is 2. The van der Waals surface area contributed by atoms with E-state index in [0.29, 0.717) is 29.8 Å². The normalized spacial score (nSPS) is 18.2. The first-order valence-electron chi connectivity index (χ1n) is 9.81. The lowest BCUT2D eigenvalue weighted by Crippen LogP contribution is -2.52. The molecule has 8 nitrogen and oxygen atoms in total. The predicted octanol–water partition coefficient (Wildman–Crippen LogP) is 0.836. The van der Waals surface area contributed by atoms with Crippen LogP contribution in [-0.4, -0.2) is 34.6 Å². The summed E-state index contributed by atoms with van der Waals surface area (Å²) in [5, 5.41) is 5.17. The highest BCUT2D eigenvalue weighted by Crippen LogP contribution is 2.29. The van der Waals surface area contributed by atoms with E-state index in [1.165, 1.54) is 4.90 Å². The number of amides is 4. The van der Waals surface area contributed by atoms with Gasteiger partial charge < -0.3 is 16.0 Å². The summed E-state index contributed by atoms with van der Waals surface area (Å²) in [6.45, 7) is 0.853. The van der Waals surface area contributed by atoms with Gasteiger partial charge in [0.25, 0.3) is 11.8 Å². The summed E-state index contributed by atoms with van der Waals surface area (Å²) in [6, 6.07) is 11.9. The Labute approximate surface area is 173 Å². The number of benzene rings is 2. The van der Waals surface area contributed by atoms with Gasteiger partial charge in [0.2, 0.25) is 11.8 Å². The number of piperidine rings is 1. The van der Waals surface area contributed by atoms with E-state index in [1.54, 1.807) is 18.2 Å². The predicted molar refractivity (Wildman–Crippen MR) is 108 cm³/mol. The molecule has 1 saturated heterocycles. The summed E-state index contributed by atoms with van der Waals surface area (Å²) < 4.78 is 0. The zero-order valence-corrected chi connectivity index (χ0v) is 16.3. The summed E-state index contributed by atoms with van der Waals surface area (Å²) in [6.07, 6.45) is 0.465. The van der Waals surface area contributed by atoms with E-state index in [1.807, 2.05) is 24.3 Å². The lowest BCUT2D eigenvalue weighted by atomic mass is 10.0. The molecule has 0 bridgehead atoms. The first-order chi connectivity index (χ1) is 14.5. The quantitative estimate of drug-likeness (QED) is 0.635. The molecule has 30 heavy (non-hydrogen) atoms. The van der Waals surface area contributed by atoms with Crippen LogP contribution >= 0.6 is 0 Å². The van der Waals surface area contributed by atoms with Gasteiger partial charge in [-0.15, -0.1) is 0 Å². The minimum absolute atomic E-state index is 0.156. The molecule has 0 spiro atoms. The van der Waals surface area contributed by atoms with Crippen LogP contribution in [0.25, 0.3) is 0 Å². The number of nitrogens with two attached hydrogens (primary N) is 1. The Morgan fingerprint density at radius 1 is 1.10 bits per heavy atom. The molecule has 4 amide bonds. The van der Waals surface area contributed by atoms with Gasteiger partial charge >= 0.3 is 0 Å². The van der Waals surface area contributed by atoms with Gasteiger partial charge in [0.15, 0.2) is 0 Å². The summed E-state index contributed by atoms with van der Waals surface area (Å²) >= 11 is 0. The second kappa shape index (κ2) is 8.08. The highest BCUT2D eigenvalue weighted by atomic mass is 16.2. The SMILES string of the molecule is NCc1ccccc1CNC(=O)c1cccc2c1CN(C1CCC(=O)NC1=O)C2=O. The average Bonchev–Trinajstić information content (AvgIpc) is 3.08. The van der Waals surface area contributed by atoms with Gasteiger partial charge in [-0.2, -0.15) is 0 Å². The maximum atomic E-state index is 12.9. The molecule has 4 rings (SSSR count). The Hall–Kier alpha value is -3.52. The third kappa shape index (κ3) is 3.57. The molecule has 2 heterocycles. The molecule has 2 aromatic carbocycles. The van der Waals surface area contributed by atoms with Crippen molar-refractivity contribution < 1.29 is 19.2 Å². The summed E-state index contributed by atoms with van der Waals surface area (Å²) in [7, 11) is 0. The Morgan fingerprint density at radius 3 is 2.60 bits per heavy atom. The second-order valence-electron chi connectivity index (χ2n) is 7.39. The third-order valence-corrected chi connectivity index (χ3v) is 5.60. The minimum atomic E-state index is -0.713. The Balaban J connectivity index is 1.53. The molecule has 1 unspecified atom stereocenters. The van der Waals surface area contributed by atoms with Crippen molar-refractivity contribution in [2.24, 2.45) is 5.73 Å². The van der Waals surface area contributed by atoms with Crippen LogP contribution in [0.15, 0.2) is 42.5 Å². The molecule has 2 aromatic rings. The van der Waals surface area contributed by atoms with Crippen LogP contribution in [-0.2, 0) is 29.2 Å². The van der Waals surface area contributed by atoms with Crippen molar-refractivity contribution in [1.29, 1.82) is 0 Å². The van der Waals surface area contributed by atoms with Crippen molar-refractivity contribution in [1.82, 2.24) is 15.5 Å². The zero-order valence-electron chi connectivity index (χ0n) is 16.3. The van der Waals surface area contributed by atoms with E-state index in [2.05, 4.69) is 10.6 Å². The van der Waals surface area contributed by atoms with Crippen molar-refractivity contribution in [2.75, 3.05) is 0 Å². The van der Waals surface area contributed by atoms with Gasteiger partial charge in [0.1, 0.15) is 6.04 Å². The van der Waals surface area contributed by atoms with Crippen LogP contribution < -0.4 is 16.4 Å². The van der Waals surface area contributed by atoms with Crippen molar-refractivity contribution in [2.45, 2.75) is 38.5 Å². The Bertz CT molecular complexity index is 1050. The van der Waals surface area contributed by atoms with Gasteiger partial charge in [0.05, 0.1) is 0 Å². The fraction of sp³-hybridized carbons (Fsp3) is 0.273. The smallest absolute Gasteiger partial charge is 0.255 e. The van der Waals surface area contributed by atoms with Gasteiger partial charge in [-0.05, 0) is 35.2 Å². The van der Waals surface area contributed by atoms with Crippen LogP contribution in [0.3, 0.4) is 0 Å². The third-order valence-electron chi connectivity index (χ3n) is 5.60. The van der Waals surface area contributed by atoms with Crippen molar-refractivity contribution in [3.05, 3.63) is 70.3 Å². The first-order valence-corrected chi connectivity index (χ1v) is 9.81. The number of rotatable bonds is 5. The fourth-order valence-electron chi connectivity index (χ4n) is 4.00. The molecule has 0 aromatic heterocycles. The molecule has 2 aliphatic rings. The molecule has 1 atom stereocenters. The monoisotopic (exact) mass is 406 g/mol. The van der Waals surface area contributed by atoms with Crippen molar-refractivity contribution in [3.8, 4) is 0 Å². The molecular formula is C22H22N4O4. The molecule has 8 heteroatoms. The molecule has 2 aliphatic heterocycles. The summed E-state index contributed by atoms with van der Waals surface area (Å²) in [5.74, 6) is -1.41. The largest absolute Gasteiger partial charge is 0.348 e. The average molecular weight is 406 g/mol. The van der Waals surface area contributed by atoms with Crippen LogP contribution in [0.5, 0.6) is 0 Å². The lowest BCUT2D eigenvalue weighted by Gasteiger charge is -2.29. The number of hydrogen-bond acceptors (Lipinski definition) is 5. The van der Waals surface area contributed by atoms with Gasteiger partial charge in [-0.3, -0.25) is 24.5 Å². The zero-order chi connectivity index (χ0) is 21.3. The maximum Gasteiger partial charge on any atom is 0.255 e. The van der Waals surface area contributed by atoms with Crippen LogP contribution in [0.4, 0.5) is 0 Å². The molecule has 0 radical (unpaired) electrons. The van der Waals surface area contributed by atoms with E-state index >= 15 is 0 Å². The van der Waals surface area contributed by atoms with E-state index in [0.717, 1.165) is 11.1 Å². The van der Waals surface area contributed by atoms with Gasteiger partial charge in [-0.25, -0.2) is 0 Å². The number of nitrogens with zero attached hydrogens (tertiary/aromatic N) is 1. The van der Waals surface area contributed by atoms with E-state index < -0.39 is 11.9 Å². The van der Waals surface area contributed by atoms with Crippen LogP contribution in [0, 0.1) is 0 Å². The number of carbonyl (C=O) groups is 4. The van der Waals surface area contributed by atoms with Crippen LogP contribution in [0.1, 0.15) is 50.2 Å². The number of carbonyl (C=O) groups excluding carboxylic acids is 4. The van der Waals surface area contributed by atoms with Crippen molar-refractivity contribution >= 4 is 23.6 Å². The second-order valence-corrected chi connectivity index (χ2v) is 7.39. The fourth-order valence-corrected chi connectivity index (χ4v) is 4.00. The minimum Gasteiger partial charge on any atom is -0.348 e. The molecule has 4 N–H and O–H groups in total. The molecule has 154 valence electrons. The molecule has 0 saturated carbocycles. The van der Waals surface area contributed by atoms with Gasteiger partial charge in [-0.1, -0.05) is 30.3 Å². The molecule has 0 aliphatic carbocycles. The summed E-state index contributed by atoms with van der Waals surface area (Å²) in [5.41, 5.74) is 9.05. The topological polar surface area (TPSA) is 122 Å². The Kier molecular flexibility index (Phi) is 5.33. The Morgan fingerprint density at radius 2 is 1.87 bits per heavy atom. The van der Waals surface area contributed by atoms with E-state index in [9.17, 15) is 19.2 Å². The maximum absolute atomic E-state index is 12.9. The van der Waals surface area contributed by atoms with Gasteiger partial charge in [0, 0.05) is 37.2 Å². The van der Waals surface area contributed by atoms with Crippen molar-refractivity contribution in [3.63, 3.8) is 0 Å². The van der Waals surface area contributed by atoms with E-state index in [4.69, 9.17) is 5.73 Å². The lowest BCUT2D eigenvalue weighted by molar-refractivity contribution is -0.136. The molecule has 1 fully saturated rings. The van der Waals surface area contributed by atoms with E-state index in [-0.39, 0.29) is 37.1 Å². The number of fused-ring (bicyclic) bond motifs is 1. The highest BCUT2D eigenvalue weighted by Gasteiger charge is 2.40. The summed E-state index contributed by atoms with van der Waals surface area (Å²) in [4.78, 5) is 50.8. The number of hydrogen-bond donors (Lipinski definition) is 3. The first kappa shape index (κ1) is 19.8. The molecular weight excluding hydrogens is 384 g/mol. The number of imide groups is 1. The standard InChI is InChI=1S/C22H22N4O4/c23-10-13-4-1-2-5-14(13)11-24-20(28)15-6-3-7-16-17(15)12-26(22(16)30)18-8-9-19(27)25-21(18)29/h1-7,18H,8-12,23H2,(H,24,28)(H,25,27,29).